The lowest BCUT2D eigenvalue weighted by Crippen LogP contribution is -2.47. The minimum absolute atomic E-state index is 0.297. The summed E-state index contributed by atoms with van der Waals surface area (Å²) < 4.78 is 6.37. The van der Waals surface area contributed by atoms with Crippen LogP contribution in [0.15, 0.2) is 42.6 Å². The zero-order valence-corrected chi connectivity index (χ0v) is 16.4. The Labute approximate surface area is 165 Å². The van der Waals surface area contributed by atoms with Crippen molar-refractivity contribution in [2.45, 2.75) is 24.9 Å². The molecule has 0 atom stereocenters. The molecule has 0 N–H and O–H groups in total. The van der Waals surface area contributed by atoms with Crippen LogP contribution in [-0.4, -0.2) is 48.7 Å². The minimum atomic E-state index is -0.297. The SMILES string of the molecule is CN(C)c1ncc2c(n1)C1(CCN(c3ccc4ccccc4n3)CC1)OCC2. The first kappa shape index (κ1) is 17.4. The van der Waals surface area contributed by atoms with Gasteiger partial charge in [0.1, 0.15) is 11.4 Å². The Kier molecular flexibility index (Phi) is 4.16. The van der Waals surface area contributed by atoms with Crippen molar-refractivity contribution in [3.8, 4) is 0 Å². The molecule has 1 spiro atoms. The molecule has 6 heteroatoms. The predicted molar refractivity (Wildman–Crippen MR) is 111 cm³/mol. The van der Waals surface area contributed by atoms with Gasteiger partial charge in [0.25, 0.3) is 0 Å². The van der Waals surface area contributed by atoms with Crippen molar-refractivity contribution in [2.75, 3.05) is 43.6 Å². The first-order valence-corrected chi connectivity index (χ1v) is 9.93. The maximum absolute atomic E-state index is 6.37. The summed E-state index contributed by atoms with van der Waals surface area (Å²) >= 11 is 0. The van der Waals surface area contributed by atoms with Gasteiger partial charge < -0.3 is 14.5 Å². The molecule has 1 aromatic carbocycles. The minimum Gasteiger partial charge on any atom is -0.368 e. The molecule has 0 amide bonds. The first-order valence-electron chi connectivity index (χ1n) is 9.93. The van der Waals surface area contributed by atoms with Crippen LogP contribution in [0.3, 0.4) is 0 Å². The topological polar surface area (TPSA) is 54.4 Å². The molecule has 28 heavy (non-hydrogen) atoms. The Balaban J connectivity index is 1.42. The summed E-state index contributed by atoms with van der Waals surface area (Å²) in [6.45, 7) is 2.56. The zero-order valence-electron chi connectivity index (χ0n) is 16.4. The van der Waals surface area contributed by atoms with Crippen LogP contribution in [0, 0.1) is 0 Å². The molecule has 144 valence electrons. The van der Waals surface area contributed by atoms with E-state index in [0.717, 1.165) is 61.9 Å². The van der Waals surface area contributed by atoms with Gasteiger partial charge in [-0.3, -0.25) is 0 Å². The Morgan fingerprint density at radius 3 is 2.68 bits per heavy atom. The molecule has 0 aliphatic carbocycles. The van der Waals surface area contributed by atoms with Crippen LogP contribution < -0.4 is 9.80 Å². The lowest BCUT2D eigenvalue weighted by atomic mass is 9.83. The smallest absolute Gasteiger partial charge is 0.225 e. The summed E-state index contributed by atoms with van der Waals surface area (Å²) in [4.78, 5) is 18.6. The average Bonchev–Trinajstić information content (AvgIpc) is 2.74. The number of nitrogens with zero attached hydrogens (tertiary/aromatic N) is 5. The first-order chi connectivity index (χ1) is 13.6. The second kappa shape index (κ2) is 6.71. The lowest BCUT2D eigenvalue weighted by molar-refractivity contribution is -0.0801. The van der Waals surface area contributed by atoms with Crippen LogP contribution in [0.1, 0.15) is 24.1 Å². The van der Waals surface area contributed by atoms with E-state index in [1.165, 1.54) is 10.9 Å². The van der Waals surface area contributed by atoms with Gasteiger partial charge in [0, 0.05) is 38.8 Å². The summed E-state index contributed by atoms with van der Waals surface area (Å²) in [5.41, 5.74) is 3.06. The molecular weight excluding hydrogens is 350 g/mol. The van der Waals surface area contributed by atoms with Crippen molar-refractivity contribution >= 4 is 22.7 Å². The van der Waals surface area contributed by atoms with Crippen molar-refractivity contribution < 1.29 is 4.74 Å². The van der Waals surface area contributed by atoms with Crippen LogP contribution in [-0.2, 0) is 16.8 Å². The molecule has 4 heterocycles. The van der Waals surface area contributed by atoms with Crippen LogP contribution in [0.4, 0.5) is 11.8 Å². The average molecular weight is 375 g/mol. The molecule has 0 unspecified atom stereocenters. The van der Waals surface area contributed by atoms with E-state index in [4.69, 9.17) is 14.7 Å². The van der Waals surface area contributed by atoms with Gasteiger partial charge in [-0.2, -0.15) is 0 Å². The molecular formula is C22H25N5O. The second-order valence-corrected chi connectivity index (χ2v) is 7.88. The maximum Gasteiger partial charge on any atom is 0.225 e. The van der Waals surface area contributed by atoms with E-state index < -0.39 is 0 Å². The summed E-state index contributed by atoms with van der Waals surface area (Å²) in [6.07, 6.45) is 4.71. The summed E-state index contributed by atoms with van der Waals surface area (Å²) in [5, 5.41) is 1.18. The molecule has 2 aromatic heterocycles. The number of pyridine rings is 1. The number of benzene rings is 1. The second-order valence-electron chi connectivity index (χ2n) is 7.88. The largest absolute Gasteiger partial charge is 0.368 e. The van der Waals surface area contributed by atoms with E-state index >= 15 is 0 Å². The highest BCUT2D eigenvalue weighted by Crippen LogP contribution is 2.41. The third kappa shape index (κ3) is 2.88. The summed E-state index contributed by atoms with van der Waals surface area (Å²) in [7, 11) is 3.96. The fourth-order valence-corrected chi connectivity index (χ4v) is 4.32. The quantitative estimate of drug-likeness (QED) is 0.686. The number of hydrogen-bond acceptors (Lipinski definition) is 6. The molecule has 5 rings (SSSR count). The number of rotatable bonds is 2. The Morgan fingerprint density at radius 2 is 1.86 bits per heavy atom. The molecule has 6 nitrogen and oxygen atoms in total. The Bertz CT molecular complexity index is 1010. The van der Waals surface area contributed by atoms with Crippen LogP contribution >= 0.6 is 0 Å². The van der Waals surface area contributed by atoms with Crippen molar-refractivity contribution in [3.63, 3.8) is 0 Å². The number of ether oxygens (including phenoxy) is 1. The molecule has 2 aliphatic rings. The fraction of sp³-hybridized carbons (Fsp3) is 0.409. The standard InChI is InChI=1S/C22H25N5O/c1-26(2)21-23-15-17-9-14-28-22(20(17)25-21)10-12-27(13-11-22)19-8-7-16-5-3-4-6-18(16)24-19/h3-8,15H,9-14H2,1-2H3. The highest BCUT2D eigenvalue weighted by Gasteiger charge is 2.43. The Morgan fingerprint density at radius 1 is 1.04 bits per heavy atom. The van der Waals surface area contributed by atoms with E-state index in [-0.39, 0.29) is 5.60 Å². The molecule has 1 fully saturated rings. The third-order valence-electron chi connectivity index (χ3n) is 5.91. The number of fused-ring (bicyclic) bond motifs is 3. The van der Waals surface area contributed by atoms with E-state index in [1.807, 2.05) is 31.3 Å². The predicted octanol–water partition coefficient (Wildman–Crippen LogP) is 3.16. The van der Waals surface area contributed by atoms with Gasteiger partial charge in [0.2, 0.25) is 5.95 Å². The van der Waals surface area contributed by atoms with Gasteiger partial charge in [-0.25, -0.2) is 15.0 Å². The number of hydrogen-bond donors (Lipinski definition) is 0. The molecule has 0 saturated carbocycles. The zero-order chi connectivity index (χ0) is 19.1. The number of para-hydroxylation sites is 1. The van der Waals surface area contributed by atoms with Crippen molar-refractivity contribution in [3.05, 3.63) is 53.9 Å². The van der Waals surface area contributed by atoms with Crippen LogP contribution in [0.5, 0.6) is 0 Å². The Hall–Kier alpha value is -2.73. The summed E-state index contributed by atoms with van der Waals surface area (Å²) in [5.74, 6) is 1.79. The van der Waals surface area contributed by atoms with Crippen LogP contribution in [0.25, 0.3) is 10.9 Å². The molecule has 2 aliphatic heterocycles. The van der Waals surface area contributed by atoms with E-state index in [1.54, 1.807) is 0 Å². The fourth-order valence-electron chi connectivity index (χ4n) is 4.32. The van der Waals surface area contributed by atoms with E-state index in [9.17, 15) is 0 Å². The highest BCUT2D eigenvalue weighted by atomic mass is 16.5. The van der Waals surface area contributed by atoms with Gasteiger partial charge in [-0.1, -0.05) is 18.2 Å². The maximum atomic E-state index is 6.37. The van der Waals surface area contributed by atoms with Crippen molar-refractivity contribution in [1.82, 2.24) is 15.0 Å². The van der Waals surface area contributed by atoms with Gasteiger partial charge in [-0.15, -0.1) is 0 Å². The third-order valence-corrected chi connectivity index (χ3v) is 5.91. The number of aromatic nitrogens is 3. The van der Waals surface area contributed by atoms with Gasteiger partial charge in [0.05, 0.1) is 17.8 Å². The van der Waals surface area contributed by atoms with Crippen molar-refractivity contribution in [2.24, 2.45) is 0 Å². The number of piperidine rings is 1. The van der Waals surface area contributed by atoms with Crippen LogP contribution in [0.2, 0.25) is 0 Å². The van der Waals surface area contributed by atoms with E-state index in [0.29, 0.717) is 0 Å². The van der Waals surface area contributed by atoms with Gasteiger partial charge in [0.15, 0.2) is 0 Å². The lowest BCUT2D eigenvalue weighted by Gasteiger charge is -2.44. The number of anilines is 2. The monoisotopic (exact) mass is 375 g/mol. The molecule has 3 aromatic rings. The van der Waals surface area contributed by atoms with Gasteiger partial charge >= 0.3 is 0 Å². The molecule has 0 bridgehead atoms. The molecule has 0 radical (unpaired) electrons. The highest BCUT2D eigenvalue weighted by molar-refractivity contribution is 5.80. The summed E-state index contributed by atoms with van der Waals surface area (Å²) in [6, 6.07) is 12.6. The van der Waals surface area contributed by atoms with Gasteiger partial charge in [-0.05, 0) is 43.0 Å². The van der Waals surface area contributed by atoms with E-state index in [2.05, 4.69) is 40.2 Å². The molecule has 1 saturated heterocycles. The normalized spacial score (nSPS) is 18.3. The van der Waals surface area contributed by atoms with Crippen molar-refractivity contribution in [1.29, 1.82) is 0 Å².